The fraction of sp³-hybridized carbons (Fsp3) is 0.438. The molecular weight excluding hydrogens is 282 g/mol. The molecule has 3 rings (SSSR count). The van der Waals surface area contributed by atoms with Gasteiger partial charge in [-0.05, 0) is 18.9 Å². The van der Waals surface area contributed by atoms with Crippen LogP contribution in [-0.4, -0.2) is 27.2 Å². The van der Waals surface area contributed by atoms with Gasteiger partial charge in [-0.3, -0.25) is 10.1 Å². The van der Waals surface area contributed by atoms with Crippen molar-refractivity contribution in [1.82, 2.24) is 4.98 Å². The zero-order valence-corrected chi connectivity index (χ0v) is 12.3. The average molecular weight is 301 g/mol. The SMILES string of the molecule is O=[N+]([O-])c1cnc2ccccc2c1NCC1(O)CCCCC1. The minimum absolute atomic E-state index is 0.0573. The summed E-state index contributed by atoms with van der Waals surface area (Å²) in [5, 5.41) is 25.7. The van der Waals surface area contributed by atoms with Crippen molar-refractivity contribution in [3.05, 3.63) is 40.6 Å². The van der Waals surface area contributed by atoms with Crippen LogP contribution < -0.4 is 5.32 Å². The molecule has 2 aromatic rings. The molecule has 1 fully saturated rings. The summed E-state index contributed by atoms with van der Waals surface area (Å²) in [5.41, 5.74) is 0.301. The second-order valence-electron chi connectivity index (χ2n) is 5.93. The van der Waals surface area contributed by atoms with Crippen molar-refractivity contribution in [3.8, 4) is 0 Å². The maximum atomic E-state index is 11.3. The number of hydrogen-bond acceptors (Lipinski definition) is 5. The van der Waals surface area contributed by atoms with Gasteiger partial charge in [-0.1, -0.05) is 37.5 Å². The van der Waals surface area contributed by atoms with Crippen LogP contribution >= 0.6 is 0 Å². The van der Waals surface area contributed by atoms with E-state index in [4.69, 9.17) is 0 Å². The first kappa shape index (κ1) is 14.7. The van der Waals surface area contributed by atoms with Crippen molar-refractivity contribution in [2.75, 3.05) is 11.9 Å². The van der Waals surface area contributed by atoms with Crippen LogP contribution in [-0.2, 0) is 0 Å². The number of nitro groups is 1. The van der Waals surface area contributed by atoms with E-state index < -0.39 is 10.5 Å². The van der Waals surface area contributed by atoms with Gasteiger partial charge in [-0.15, -0.1) is 0 Å². The standard InChI is InChI=1S/C16H19N3O3/c20-16(8-4-1-5-9-16)11-18-15-12-6-2-3-7-13(12)17-10-14(15)19(21)22/h2-3,6-7,10,20H,1,4-5,8-9,11H2,(H,17,18). The smallest absolute Gasteiger partial charge is 0.311 e. The fourth-order valence-corrected chi connectivity index (χ4v) is 3.09. The molecule has 1 heterocycles. The first-order chi connectivity index (χ1) is 10.6. The van der Waals surface area contributed by atoms with Crippen molar-refractivity contribution in [1.29, 1.82) is 0 Å². The highest BCUT2D eigenvalue weighted by atomic mass is 16.6. The van der Waals surface area contributed by atoms with E-state index in [1.807, 2.05) is 24.3 Å². The Morgan fingerprint density at radius 3 is 2.73 bits per heavy atom. The molecule has 0 saturated heterocycles. The second-order valence-corrected chi connectivity index (χ2v) is 5.93. The van der Waals surface area contributed by atoms with Crippen LogP contribution in [0.25, 0.3) is 10.9 Å². The predicted octanol–water partition coefficient (Wildman–Crippen LogP) is 3.25. The molecule has 116 valence electrons. The first-order valence-corrected chi connectivity index (χ1v) is 7.57. The molecule has 1 saturated carbocycles. The zero-order chi connectivity index (χ0) is 15.6. The largest absolute Gasteiger partial charge is 0.388 e. The van der Waals surface area contributed by atoms with E-state index in [9.17, 15) is 15.2 Å². The van der Waals surface area contributed by atoms with Crippen LogP contribution in [0.3, 0.4) is 0 Å². The Labute approximate surface area is 128 Å². The molecule has 0 bridgehead atoms. The summed E-state index contributed by atoms with van der Waals surface area (Å²) in [7, 11) is 0. The monoisotopic (exact) mass is 301 g/mol. The summed E-state index contributed by atoms with van der Waals surface area (Å²) in [6, 6.07) is 7.30. The molecule has 6 heteroatoms. The lowest BCUT2D eigenvalue weighted by molar-refractivity contribution is -0.384. The Bertz CT molecular complexity index is 696. The Balaban J connectivity index is 1.94. The van der Waals surface area contributed by atoms with E-state index in [0.717, 1.165) is 32.1 Å². The van der Waals surface area contributed by atoms with E-state index in [1.54, 1.807) is 0 Å². The van der Waals surface area contributed by atoms with Crippen molar-refractivity contribution < 1.29 is 10.0 Å². The summed E-state index contributed by atoms with van der Waals surface area (Å²) in [5.74, 6) is 0. The van der Waals surface area contributed by atoms with Crippen LogP contribution in [0.4, 0.5) is 11.4 Å². The van der Waals surface area contributed by atoms with Crippen LogP contribution in [0.2, 0.25) is 0 Å². The Morgan fingerprint density at radius 2 is 2.00 bits per heavy atom. The quantitative estimate of drug-likeness (QED) is 0.668. The number of rotatable bonds is 4. The first-order valence-electron chi connectivity index (χ1n) is 7.57. The van der Waals surface area contributed by atoms with Crippen molar-refractivity contribution in [3.63, 3.8) is 0 Å². The zero-order valence-electron chi connectivity index (χ0n) is 12.3. The maximum absolute atomic E-state index is 11.3. The minimum atomic E-state index is -0.781. The number of nitrogens with one attached hydrogen (secondary N) is 1. The van der Waals surface area contributed by atoms with E-state index >= 15 is 0 Å². The number of pyridine rings is 1. The van der Waals surface area contributed by atoms with E-state index in [2.05, 4.69) is 10.3 Å². The molecule has 1 aliphatic rings. The molecule has 1 aliphatic carbocycles. The van der Waals surface area contributed by atoms with Gasteiger partial charge in [-0.25, -0.2) is 4.98 Å². The number of aromatic nitrogens is 1. The lowest BCUT2D eigenvalue weighted by Crippen LogP contribution is -2.38. The molecule has 0 aliphatic heterocycles. The van der Waals surface area contributed by atoms with Crippen LogP contribution in [0.5, 0.6) is 0 Å². The van der Waals surface area contributed by atoms with Gasteiger partial charge in [-0.2, -0.15) is 0 Å². The lowest BCUT2D eigenvalue weighted by Gasteiger charge is -2.32. The molecule has 2 N–H and O–H groups in total. The van der Waals surface area contributed by atoms with Crippen LogP contribution in [0.15, 0.2) is 30.5 Å². The van der Waals surface area contributed by atoms with Gasteiger partial charge in [0.25, 0.3) is 0 Å². The van der Waals surface area contributed by atoms with Gasteiger partial charge in [0.2, 0.25) is 0 Å². The third-order valence-corrected chi connectivity index (χ3v) is 4.33. The molecule has 0 amide bonds. The van der Waals surface area contributed by atoms with Crippen LogP contribution in [0.1, 0.15) is 32.1 Å². The Hall–Kier alpha value is -2.21. The maximum Gasteiger partial charge on any atom is 0.311 e. The topological polar surface area (TPSA) is 88.3 Å². The third-order valence-electron chi connectivity index (χ3n) is 4.33. The molecule has 6 nitrogen and oxygen atoms in total. The van der Waals surface area contributed by atoms with E-state index in [-0.39, 0.29) is 5.69 Å². The Kier molecular flexibility index (Phi) is 3.94. The van der Waals surface area contributed by atoms with Gasteiger partial charge in [0.1, 0.15) is 11.9 Å². The number of para-hydroxylation sites is 1. The van der Waals surface area contributed by atoms with Crippen molar-refractivity contribution >= 4 is 22.3 Å². The van der Waals surface area contributed by atoms with Crippen molar-refractivity contribution in [2.24, 2.45) is 0 Å². The van der Waals surface area contributed by atoms with Gasteiger partial charge >= 0.3 is 5.69 Å². The second kappa shape index (κ2) is 5.88. The average Bonchev–Trinajstić information content (AvgIpc) is 2.53. The van der Waals surface area contributed by atoms with Crippen molar-refractivity contribution in [2.45, 2.75) is 37.7 Å². The summed E-state index contributed by atoms with van der Waals surface area (Å²) in [6.07, 6.45) is 5.87. The fourth-order valence-electron chi connectivity index (χ4n) is 3.09. The summed E-state index contributed by atoms with van der Waals surface area (Å²) >= 11 is 0. The Morgan fingerprint density at radius 1 is 1.27 bits per heavy atom. The molecule has 0 atom stereocenters. The summed E-state index contributed by atoms with van der Waals surface area (Å²) in [4.78, 5) is 15.0. The highest BCUT2D eigenvalue weighted by Gasteiger charge is 2.30. The minimum Gasteiger partial charge on any atom is -0.388 e. The van der Waals surface area contributed by atoms with Gasteiger partial charge < -0.3 is 10.4 Å². The number of fused-ring (bicyclic) bond motifs is 1. The van der Waals surface area contributed by atoms with E-state index in [0.29, 0.717) is 23.1 Å². The van der Waals surface area contributed by atoms with Gasteiger partial charge in [0.05, 0.1) is 16.0 Å². The third kappa shape index (κ3) is 2.87. The number of nitrogens with zero attached hydrogens (tertiary/aromatic N) is 2. The molecule has 0 spiro atoms. The number of hydrogen-bond donors (Lipinski definition) is 2. The van der Waals surface area contributed by atoms with E-state index in [1.165, 1.54) is 6.20 Å². The molecule has 0 radical (unpaired) electrons. The molecule has 1 aromatic carbocycles. The highest BCUT2D eigenvalue weighted by Crippen LogP contribution is 2.34. The lowest BCUT2D eigenvalue weighted by atomic mass is 9.85. The number of aliphatic hydroxyl groups is 1. The predicted molar refractivity (Wildman–Crippen MR) is 84.9 cm³/mol. The molecular formula is C16H19N3O3. The number of anilines is 1. The summed E-state index contributed by atoms with van der Waals surface area (Å²) < 4.78 is 0. The van der Waals surface area contributed by atoms with Gasteiger partial charge in [0.15, 0.2) is 0 Å². The molecule has 0 unspecified atom stereocenters. The number of benzene rings is 1. The van der Waals surface area contributed by atoms with Crippen LogP contribution in [0, 0.1) is 10.1 Å². The molecule has 1 aromatic heterocycles. The highest BCUT2D eigenvalue weighted by molar-refractivity contribution is 5.95. The van der Waals surface area contributed by atoms with Gasteiger partial charge in [0, 0.05) is 11.9 Å². The molecule has 22 heavy (non-hydrogen) atoms. The summed E-state index contributed by atoms with van der Waals surface area (Å²) in [6.45, 7) is 0.321. The normalized spacial score (nSPS) is 17.3.